The van der Waals surface area contributed by atoms with E-state index < -0.39 is 5.97 Å². The number of carboxylic acids is 1. The highest BCUT2D eigenvalue weighted by Gasteiger charge is 2.23. The zero-order valence-electron chi connectivity index (χ0n) is 10.4. The largest absolute Gasteiger partial charge is 0.478 e. The van der Waals surface area contributed by atoms with E-state index in [0.29, 0.717) is 18.2 Å². The molecule has 0 saturated heterocycles. The lowest BCUT2D eigenvalue weighted by Crippen LogP contribution is -2.15. The maximum Gasteiger partial charge on any atom is 0.339 e. The monoisotopic (exact) mass is 250 g/mol. The molecule has 0 radical (unpaired) electrons. The van der Waals surface area contributed by atoms with E-state index >= 15 is 0 Å². The minimum atomic E-state index is -0.976. The van der Waals surface area contributed by atoms with E-state index in [0.717, 1.165) is 25.0 Å². The minimum absolute atomic E-state index is 0.194. The molecule has 1 saturated carbocycles. The molecule has 1 aliphatic carbocycles. The zero-order valence-corrected chi connectivity index (χ0v) is 10.4. The maximum absolute atomic E-state index is 11.1. The van der Waals surface area contributed by atoms with Crippen LogP contribution in [-0.4, -0.2) is 33.8 Å². The molecule has 3 N–H and O–H groups in total. The van der Waals surface area contributed by atoms with E-state index in [9.17, 15) is 9.90 Å². The molecule has 2 unspecified atom stereocenters. The lowest BCUT2D eigenvalue weighted by atomic mass is 10.1. The Morgan fingerprint density at radius 3 is 2.94 bits per heavy atom. The maximum atomic E-state index is 11.1. The molecule has 1 aromatic rings. The number of carboxylic acid groups (broad SMARTS) is 1. The van der Waals surface area contributed by atoms with Crippen LogP contribution in [0, 0.1) is 12.8 Å². The van der Waals surface area contributed by atoms with Gasteiger partial charge in [0, 0.05) is 18.4 Å². The van der Waals surface area contributed by atoms with Crippen LogP contribution in [0.3, 0.4) is 0 Å². The highest BCUT2D eigenvalue weighted by molar-refractivity contribution is 5.93. The Kier molecular flexibility index (Phi) is 3.81. The van der Waals surface area contributed by atoms with Gasteiger partial charge >= 0.3 is 5.97 Å². The molecule has 0 aromatic carbocycles. The number of aliphatic hydroxyl groups is 1. The molecule has 1 heterocycles. The standard InChI is InChI=1S/C13H18N2O3/c1-8-4-12(11(7-14-8)13(17)18)15-6-9-2-3-10(16)5-9/h4,7,9-10,16H,2-3,5-6H2,1H3,(H,14,15)(H,17,18). The Bertz CT molecular complexity index is 448. The van der Waals surface area contributed by atoms with E-state index in [4.69, 9.17) is 5.11 Å². The number of anilines is 1. The predicted molar refractivity (Wildman–Crippen MR) is 67.8 cm³/mol. The second kappa shape index (κ2) is 5.35. The first-order valence-electron chi connectivity index (χ1n) is 6.18. The van der Waals surface area contributed by atoms with Crippen LogP contribution in [0.2, 0.25) is 0 Å². The van der Waals surface area contributed by atoms with Crippen LogP contribution >= 0.6 is 0 Å². The summed E-state index contributed by atoms with van der Waals surface area (Å²) in [6, 6.07) is 1.74. The number of nitrogens with zero attached hydrogens (tertiary/aromatic N) is 1. The van der Waals surface area contributed by atoms with Crippen LogP contribution in [0.1, 0.15) is 35.3 Å². The molecule has 0 spiro atoms. The molecule has 18 heavy (non-hydrogen) atoms. The van der Waals surface area contributed by atoms with Crippen LogP contribution < -0.4 is 5.32 Å². The number of hydrogen-bond acceptors (Lipinski definition) is 4. The van der Waals surface area contributed by atoms with Crippen LogP contribution in [0.4, 0.5) is 5.69 Å². The molecule has 5 nitrogen and oxygen atoms in total. The third-order valence-electron chi connectivity index (χ3n) is 3.37. The Balaban J connectivity index is 2.04. The normalized spacial score (nSPS) is 23.0. The average Bonchev–Trinajstić information content (AvgIpc) is 2.72. The van der Waals surface area contributed by atoms with E-state index in [1.165, 1.54) is 6.20 Å². The molecular weight excluding hydrogens is 232 g/mol. The number of aromatic nitrogens is 1. The van der Waals surface area contributed by atoms with Gasteiger partial charge in [0.05, 0.1) is 11.8 Å². The summed E-state index contributed by atoms with van der Waals surface area (Å²) in [4.78, 5) is 15.1. The Morgan fingerprint density at radius 2 is 2.33 bits per heavy atom. The smallest absolute Gasteiger partial charge is 0.339 e. The fourth-order valence-electron chi connectivity index (χ4n) is 2.36. The molecule has 1 aliphatic rings. The number of aryl methyl sites for hydroxylation is 1. The molecule has 98 valence electrons. The Labute approximate surface area is 106 Å². The quantitative estimate of drug-likeness (QED) is 0.757. The van der Waals surface area contributed by atoms with Crippen molar-refractivity contribution < 1.29 is 15.0 Å². The van der Waals surface area contributed by atoms with Crippen molar-refractivity contribution in [2.45, 2.75) is 32.3 Å². The van der Waals surface area contributed by atoms with Crippen molar-refractivity contribution in [1.82, 2.24) is 4.98 Å². The highest BCUT2D eigenvalue weighted by atomic mass is 16.4. The summed E-state index contributed by atoms with van der Waals surface area (Å²) in [5.41, 5.74) is 1.59. The first-order valence-corrected chi connectivity index (χ1v) is 6.18. The summed E-state index contributed by atoms with van der Waals surface area (Å²) in [6.07, 6.45) is 3.80. The van der Waals surface area contributed by atoms with Gasteiger partial charge < -0.3 is 15.5 Å². The lowest BCUT2D eigenvalue weighted by molar-refractivity contribution is 0.0697. The molecule has 0 aliphatic heterocycles. The van der Waals surface area contributed by atoms with E-state index in [1.807, 2.05) is 6.92 Å². The van der Waals surface area contributed by atoms with E-state index in [1.54, 1.807) is 6.07 Å². The van der Waals surface area contributed by atoms with Gasteiger partial charge in [0.1, 0.15) is 5.56 Å². The fraction of sp³-hybridized carbons (Fsp3) is 0.538. The molecule has 5 heteroatoms. The van der Waals surface area contributed by atoms with Crippen molar-refractivity contribution >= 4 is 11.7 Å². The average molecular weight is 250 g/mol. The van der Waals surface area contributed by atoms with Crippen molar-refractivity contribution in [3.05, 3.63) is 23.5 Å². The lowest BCUT2D eigenvalue weighted by Gasteiger charge is -2.14. The SMILES string of the molecule is Cc1cc(NCC2CCC(O)C2)c(C(=O)O)cn1. The minimum Gasteiger partial charge on any atom is -0.478 e. The summed E-state index contributed by atoms with van der Waals surface area (Å²) in [5.74, 6) is -0.563. The Morgan fingerprint density at radius 1 is 1.56 bits per heavy atom. The van der Waals surface area contributed by atoms with Crippen LogP contribution in [0.25, 0.3) is 0 Å². The number of aliphatic hydroxyl groups excluding tert-OH is 1. The van der Waals surface area contributed by atoms with Crippen LogP contribution in [0.5, 0.6) is 0 Å². The first-order chi connectivity index (χ1) is 8.56. The second-order valence-electron chi connectivity index (χ2n) is 4.89. The molecule has 0 amide bonds. The molecule has 1 fully saturated rings. The highest BCUT2D eigenvalue weighted by Crippen LogP contribution is 2.26. The van der Waals surface area contributed by atoms with Crippen LogP contribution in [0.15, 0.2) is 12.3 Å². The van der Waals surface area contributed by atoms with E-state index in [-0.39, 0.29) is 11.7 Å². The summed E-state index contributed by atoms with van der Waals surface area (Å²) < 4.78 is 0. The Hall–Kier alpha value is -1.62. The van der Waals surface area contributed by atoms with Gasteiger partial charge in [0.25, 0.3) is 0 Å². The van der Waals surface area contributed by atoms with Crippen molar-refractivity contribution in [2.24, 2.45) is 5.92 Å². The molecule has 0 bridgehead atoms. The predicted octanol–water partition coefficient (Wildman–Crippen LogP) is 1.66. The van der Waals surface area contributed by atoms with Crippen molar-refractivity contribution in [3.8, 4) is 0 Å². The third kappa shape index (κ3) is 2.98. The van der Waals surface area contributed by atoms with Gasteiger partial charge in [-0.05, 0) is 38.2 Å². The number of hydrogen-bond donors (Lipinski definition) is 3. The molecule has 2 rings (SSSR count). The number of rotatable bonds is 4. The summed E-state index contributed by atoms with van der Waals surface area (Å²) >= 11 is 0. The fourth-order valence-corrected chi connectivity index (χ4v) is 2.36. The molecular formula is C13H18N2O3. The van der Waals surface area contributed by atoms with Gasteiger partial charge in [-0.2, -0.15) is 0 Å². The summed E-state index contributed by atoms with van der Waals surface area (Å²) in [5, 5.41) is 21.7. The zero-order chi connectivity index (χ0) is 13.1. The van der Waals surface area contributed by atoms with Crippen LogP contribution in [-0.2, 0) is 0 Å². The van der Waals surface area contributed by atoms with Crippen molar-refractivity contribution in [3.63, 3.8) is 0 Å². The van der Waals surface area contributed by atoms with Gasteiger partial charge in [-0.1, -0.05) is 0 Å². The number of pyridine rings is 1. The number of carbonyl (C=O) groups is 1. The van der Waals surface area contributed by atoms with Gasteiger partial charge in [-0.3, -0.25) is 4.98 Å². The van der Waals surface area contributed by atoms with Crippen molar-refractivity contribution in [1.29, 1.82) is 0 Å². The van der Waals surface area contributed by atoms with Gasteiger partial charge in [-0.25, -0.2) is 4.79 Å². The molecule has 2 atom stereocenters. The topological polar surface area (TPSA) is 82.5 Å². The first kappa shape index (κ1) is 12.8. The van der Waals surface area contributed by atoms with E-state index in [2.05, 4.69) is 10.3 Å². The molecule has 1 aromatic heterocycles. The number of nitrogens with one attached hydrogen (secondary N) is 1. The van der Waals surface area contributed by atoms with Gasteiger partial charge in [-0.15, -0.1) is 0 Å². The summed E-state index contributed by atoms with van der Waals surface area (Å²) in [6.45, 7) is 2.52. The van der Waals surface area contributed by atoms with Crippen molar-refractivity contribution in [2.75, 3.05) is 11.9 Å². The second-order valence-corrected chi connectivity index (χ2v) is 4.89. The summed E-state index contributed by atoms with van der Waals surface area (Å²) in [7, 11) is 0. The number of aromatic carboxylic acids is 1. The van der Waals surface area contributed by atoms with Gasteiger partial charge in [0.15, 0.2) is 0 Å². The third-order valence-corrected chi connectivity index (χ3v) is 3.37. The van der Waals surface area contributed by atoms with Gasteiger partial charge in [0.2, 0.25) is 0 Å².